The Kier molecular flexibility index (Phi) is 8.05. The number of piperidine rings is 1. The summed E-state index contributed by atoms with van der Waals surface area (Å²) < 4.78 is 31.9. The Morgan fingerprint density at radius 2 is 1.84 bits per heavy atom. The molecule has 1 saturated heterocycles. The van der Waals surface area contributed by atoms with Gasteiger partial charge in [-0.1, -0.05) is 23.7 Å². The summed E-state index contributed by atoms with van der Waals surface area (Å²) in [6, 6.07) is 10.2. The number of rotatable bonds is 8. The molecule has 2 heterocycles. The zero-order chi connectivity index (χ0) is 23.1. The van der Waals surface area contributed by atoms with Crippen LogP contribution < -0.4 is 15.4 Å². The van der Waals surface area contributed by atoms with Crippen molar-refractivity contribution in [2.75, 3.05) is 26.7 Å². The zero-order valence-corrected chi connectivity index (χ0v) is 19.2. The van der Waals surface area contributed by atoms with E-state index in [-0.39, 0.29) is 47.4 Å². The van der Waals surface area contributed by atoms with Crippen molar-refractivity contribution >= 4 is 33.4 Å². The van der Waals surface area contributed by atoms with Gasteiger partial charge in [0.05, 0.1) is 13.7 Å². The Bertz CT molecular complexity index is 1050. The molecule has 1 fully saturated rings. The number of benzene rings is 1. The molecule has 0 unspecified atom stereocenters. The number of methoxy groups -OCH3 is 1. The summed E-state index contributed by atoms with van der Waals surface area (Å²) in [5.74, 6) is -0.198. The van der Waals surface area contributed by atoms with Crippen LogP contribution in [0.2, 0.25) is 5.15 Å². The van der Waals surface area contributed by atoms with Crippen molar-refractivity contribution in [2.24, 2.45) is 5.92 Å². The second-order valence-electron chi connectivity index (χ2n) is 7.31. The smallest absolute Gasteiger partial charge is 0.246 e. The second-order valence-corrected chi connectivity index (χ2v) is 9.58. The van der Waals surface area contributed by atoms with E-state index in [2.05, 4.69) is 15.6 Å². The molecule has 172 valence electrons. The summed E-state index contributed by atoms with van der Waals surface area (Å²) >= 11 is 5.93. The van der Waals surface area contributed by atoms with Crippen molar-refractivity contribution in [1.82, 2.24) is 19.9 Å². The summed E-state index contributed by atoms with van der Waals surface area (Å²) in [5, 5.41) is 5.30. The first-order valence-electron chi connectivity index (χ1n) is 10.1. The van der Waals surface area contributed by atoms with Crippen molar-refractivity contribution in [3.63, 3.8) is 0 Å². The first kappa shape index (κ1) is 24.0. The number of nitrogens with one attached hydrogen (secondary N) is 2. The van der Waals surface area contributed by atoms with Crippen LogP contribution in [0.4, 0.5) is 0 Å². The molecule has 0 bridgehead atoms. The van der Waals surface area contributed by atoms with Crippen molar-refractivity contribution < 1.29 is 22.7 Å². The minimum absolute atomic E-state index is 0.0434. The average molecular weight is 481 g/mol. The lowest BCUT2D eigenvalue weighted by molar-refractivity contribution is -0.129. The Morgan fingerprint density at radius 3 is 2.47 bits per heavy atom. The van der Waals surface area contributed by atoms with Crippen LogP contribution in [0.5, 0.6) is 5.75 Å². The molecule has 0 atom stereocenters. The van der Waals surface area contributed by atoms with E-state index in [1.807, 2.05) is 12.1 Å². The van der Waals surface area contributed by atoms with E-state index in [4.69, 9.17) is 16.3 Å². The number of carbonyl (C=O) groups is 2. The van der Waals surface area contributed by atoms with E-state index in [0.717, 1.165) is 11.3 Å². The lowest BCUT2D eigenvalue weighted by atomic mass is 9.97. The van der Waals surface area contributed by atoms with Crippen LogP contribution in [-0.2, 0) is 26.2 Å². The zero-order valence-electron chi connectivity index (χ0n) is 17.6. The van der Waals surface area contributed by atoms with Gasteiger partial charge in [-0.15, -0.1) is 0 Å². The molecule has 32 heavy (non-hydrogen) atoms. The molecule has 11 heteroatoms. The Balaban J connectivity index is 1.43. The van der Waals surface area contributed by atoms with E-state index in [0.29, 0.717) is 19.4 Å². The van der Waals surface area contributed by atoms with Gasteiger partial charge in [-0.2, -0.15) is 4.31 Å². The number of hydrogen-bond acceptors (Lipinski definition) is 6. The number of pyridine rings is 1. The van der Waals surface area contributed by atoms with Crippen molar-refractivity contribution in [3.8, 4) is 5.75 Å². The summed E-state index contributed by atoms with van der Waals surface area (Å²) in [5.41, 5.74) is 0.910. The lowest BCUT2D eigenvalue weighted by Crippen LogP contribution is -2.45. The highest BCUT2D eigenvalue weighted by Crippen LogP contribution is 2.27. The fourth-order valence-corrected chi connectivity index (χ4v) is 5.28. The quantitative estimate of drug-likeness (QED) is 0.554. The molecule has 0 aliphatic carbocycles. The number of halogens is 1. The van der Waals surface area contributed by atoms with Crippen molar-refractivity contribution in [3.05, 3.63) is 53.3 Å². The van der Waals surface area contributed by atoms with E-state index < -0.39 is 10.0 Å². The van der Waals surface area contributed by atoms with Gasteiger partial charge in [0.2, 0.25) is 21.8 Å². The normalized spacial score (nSPS) is 15.2. The number of nitrogens with zero attached hydrogens (tertiary/aromatic N) is 2. The average Bonchev–Trinajstić information content (AvgIpc) is 2.81. The minimum Gasteiger partial charge on any atom is -0.497 e. The lowest BCUT2D eigenvalue weighted by Gasteiger charge is -2.30. The van der Waals surface area contributed by atoms with Crippen LogP contribution in [0.1, 0.15) is 18.4 Å². The van der Waals surface area contributed by atoms with Gasteiger partial charge in [0.1, 0.15) is 15.8 Å². The number of hydrogen-bond donors (Lipinski definition) is 2. The summed E-state index contributed by atoms with van der Waals surface area (Å²) in [6.07, 6.45) is 2.14. The molecule has 1 aliphatic rings. The molecule has 0 saturated carbocycles. The van der Waals surface area contributed by atoms with Crippen molar-refractivity contribution in [1.29, 1.82) is 0 Å². The van der Waals surface area contributed by atoms with E-state index in [1.54, 1.807) is 19.2 Å². The van der Waals surface area contributed by atoms with Crippen molar-refractivity contribution in [2.45, 2.75) is 24.3 Å². The molecule has 2 N–H and O–H groups in total. The predicted molar refractivity (Wildman–Crippen MR) is 119 cm³/mol. The number of ether oxygens (including phenoxy) is 1. The second kappa shape index (κ2) is 10.8. The van der Waals surface area contributed by atoms with Gasteiger partial charge in [-0.05, 0) is 42.7 Å². The Hall–Kier alpha value is -2.69. The molecular formula is C21H25ClN4O5S. The first-order chi connectivity index (χ1) is 15.3. The highest BCUT2D eigenvalue weighted by Gasteiger charge is 2.33. The number of amides is 2. The van der Waals surface area contributed by atoms with Gasteiger partial charge in [-0.25, -0.2) is 13.4 Å². The summed E-state index contributed by atoms with van der Waals surface area (Å²) in [4.78, 5) is 28.2. The van der Waals surface area contributed by atoms with E-state index in [9.17, 15) is 18.0 Å². The maximum atomic E-state index is 12.8. The largest absolute Gasteiger partial charge is 0.497 e. The molecule has 1 aromatic heterocycles. The van der Waals surface area contributed by atoms with Crippen LogP contribution in [0, 0.1) is 5.92 Å². The molecule has 0 radical (unpaired) electrons. The first-order valence-corrected chi connectivity index (χ1v) is 11.9. The maximum absolute atomic E-state index is 12.8. The number of carbonyl (C=O) groups excluding carboxylic acids is 2. The molecule has 2 aromatic rings. The molecule has 9 nitrogen and oxygen atoms in total. The number of sulfonamides is 1. The predicted octanol–water partition coefficient (Wildman–Crippen LogP) is 1.58. The fraction of sp³-hybridized carbons (Fsp3) is 0.381. The topological polar surface area (TPSA) is 118 Å². The van der Waals surface area contributed by atoms with Crippen LogP contribution in [0.25, 0.3) is 0 Å². The molecule has 0 spiro atoms. The fourth-order valence-electron chi connectivity index (χ4n) is 3.38. The highest BCUT2D eigenvalue weighted by molar-refractivity contribution is 7.89. The van der Waals surface area contributed by atoms with Gasteiger partial charge in [0, 0.05) is 31.7 Å². The molecule has 2 amide bonds. The Morgan fingerprint density at radius 1 is 1.16 bits per heavy atom. The maximum Gasteiger partial charge on any atom is 0.246 e. The molecule has 1 aromatic carbocycles. The summed E-state index contributed by atoms with van der Waals surface area (Å²) in [7, 11) is -2.19. The van der Waals surface area contributed by atoms with E-state index >= 15 is 0 Å². The van der Waals surface area contributed by atoms with Gasteiger partial charge in [-0.3, -0.25) is 9.59 Å². The SMILES string of the molecule is COc1ccc(CNC(=O)CNC(=O)C2CCN(S(=O)(=O)c3cccnc3Cl)CC2)cc1. The minimum atomic E-state index is -3.77. The van der Waals surface area contributed by atoms with Gasteiger partial charge < -0.3 is 15.4 Å². The number of aromatic nitrogens is 1. The van der Waals surface area contributed by atoms with Gasteiger partial charge in [0.15, 0.2) is 0 Å². The third-order valence-electron chi connectivity index (χ3n) is 5.24. The third kappa shape index (κ3) is 5.96. The monoisotopic (exact) mass is 480 g/mol. The van der Waals surface area contributed by atoms with Crippen LogP contribution in [-0.4, -0.2) is 56.3 Å². The van der Waals surface area contributed by atoms with Gasteiger partial charge in [0.25, 0.3) is 0 Å². The van der Waals surface area contributed by atoms with Crippen LogP contribution in [0.3, 0.4) is 0 Å². The summed E-state index contributed by atoms with van der Waals surface area (Å²) in [6.45, 7) is 0.579. The third-order valence-corrected chi connectivity index (χ3v) is 7.58. The van der Waals surface area contributed by atoms with E-state index in [1.165, 1.54) is 22.6 Å². The molecular weight excluding hydrogens is 456 g/mol. The molecule has 1 aliphatic heterocycles. The highest BCUT2D eigenvalue weighted by atomic mass is 35.5. The van der Waals surface area contributed by atoms with Gasteiger partial charge >= 0.3 is 0 Å². The van der Waals surface area contributed by atoms with Crippen LogP contribution >= 0.6 is 11.6 Å². The molecule has 3 rings (SSSR count). The van der Waals surface area contributed by atoms with Crippen LogP contribution in [0.15, 0.2) is 47.5 Å². The standard InChI is InChI=1S/C21H25ClN4O5S/c1-31-17-6-4-15(5-7-17)13-24-19(27)14-25-21(28)16-8-11-26(12-9-16)32(29,30)18-3-2-10-23-20(18)22/h2-7,10,16H,8-9,11-14H2,1H3,(H,24,27)(H,25,28). The Labute approximate surface area is 192 Å².